The van der Waals surface area contributed by atoms with Crippen LogP contribution >= 0.6 is 0 Å². The molecule has 524 valence electrons. The summed E-state index contributed by atoms with van der Waals surface area (Å²) >= 11 is 0. The van der Waals surface area contributed by atoms with Crippen molar-refractivity contribution < 1.29 is 106 Å². The molecule has 22 heteroatoms. The molecule has 10 aliphatic heterocycles. The Bertz CT molecular complexity index is 2740. The molecule has 0 aromatic heterocycles. The summed E-state index contributed by atoms with van der Waals surface area (Å²) in [5.74, 6) is -4.93. The summed E-state index contributed by atoms with van der Waals surface area (Å²) in [6, 6.07) is 0. The van der Waals surface area contributed by atoms with Crippen LogP contribution in [0.2, 0.25) is 0 Å². The average Bonchev–Trinajstić information content (AvgIpc) is 1.27. The molecule has 10 heterocycles. The normalized spacial score (nSPS) is 44.4. The SMILES string of the molecule is C=C1C[C@H]2O[C@@H]3[C@@H](C[C@]2(C)O[C@@H]1C/C(C)=C/[C@@H](C)COC(=O)C[C@@H](C)CC(=O)O)O[C@H]1C[C@H]2O[C@H]4CC[C@H]5O[C@H]6C[C@H]7O[C@@H](C[C@H](C[C@@H]8C[C@@H](C)[C@@H]([C@@H](C)CC(=O)O)O8)OC(=O)C[C@@H](C)CC(=O)O)[C@H](O)CC[C@@H]7O[C@]6(C)C[C@]5(C)O[C@@H]4C/C=C\[C@H](C)[C@@H]2O[C@]1(C)[C@H]3O. The van der Waals surface area contributed by atoms with E-state index in [9.17, 15) is 44.4 Å². The van der Waals surface area contributed by atoms with E-state index in [1.165, 1.54) is 0 Å². The van der Waals surface area contributed by atoms with E-state index >= 15 is 0 Å². The molecule has 9 saturated heterocycles. The number of hydrogen-bond acceptors (Lipinski definition) is 19. The first-order valence-corrected chi connectivity index (χ1v) is 34.8. The van der Waals surface area contributed by atoms with Gasteiger partial charge in [0.25, 0.3) is 0 Å². The van der Waals surface area contributed by atoms with E-state index in [0.717, 1.165) is 11.1 Å². The number of carbonyl (C=O) groups is 5. The Kier molecular flexibility index (Phi) is 22.6. The summed E-state index contributed by atoms with van der Waals surface area (Å²) in [6.07, 6.45) is 3.41. The van der Waals surface area contributed by atoms with Gasteiger partial charge in [0.1, 0.15) is 23.9 Å². The monoisotopic (exact) mass is 1310 g/mol. The molecule has 0 saturated carbocycles. The fourth-order valence-corrected chi connectivity index (χ4v) is 17.7. The topological polar surface area (TPSA) is 297 Å². The second-order valence-corrected chi connectivity index (χ2v) is 31.1. The Morgan fingerprint density at radius 2 is 1.32 bits per heavy atom. The summed E-state index contributed by atoms with van der Waals surface area (Å²) in [5, 5.41) is 52.4. The molecule has 0 aromatic carbocycles. The van der Waals surface area contributed by atoms with Gasteiger partial charge in [-0.1, -0.05) is 71.9 Å². The van der Waals surface area contributed by atoms with Crippen molar-refractivity contribution >= 4 is 29.8 Å². The van der Waals surface area contributed by atoms with Crippen LogP contribution in [0, 0.1) is 35.5 Å². The van der Waals surface area contributed by atoms with Crippen molar-refractivity contribution in [3.63, 3.8) is 0 Å². The summed E-state index contributed by atoms with van der Waals surface area (Å²) in [5.41, 5.74) is -1.48. The molecule has 10 aliphatic rings. The maximum atomic E-state index is 13.5. The lowest BCUT2D eigenvalue weighted by molar-refractivity contribution is -0.369. The van der Waals surface area contributed by atoms with Crippen molar-refractivity contribution in [2.24, 2.45) is 35.5 Å². The molecule has 0 radical (unpaired) electrons. The van der Waals surface area contributed by atoms with Gasteiger partial charge in [-0.05, 0) is 115 Å². The Hall–Kier alpha value is -3.91. The number of aliphatic hydroxyl groups is 2. The maximum Gasteiger partial charge on any atom is 0.306 e. The second-order valence-electron chi connectivity index (χ2n) is 31.1. The third kappa shape index (κ3) is 16.6. The fourth-order valence-electron chi connectivity index (χ4n) is 17.7. The van der Waals surface area contributed by atoms with Crippen LogP contribution in [0.5, 0.6) is 0 Å². The second kappa shape index (κ2) is 29.3. The molecule has 0 spiro atoms. The summed E-state index contributed by atoms with van der Waals surface area (Å²) in [7, 11) is 0. The number of carboxylic acids is 3. The number of ether oxygens (including phenoxy) is 12. The number of hydrogen-bond donors (Lipinski definition) is 5. The standard InChI is InChI=1S/C71H108O22/c1-36(20-39(4)34-82-62(79)24-37(2)22-59(73)74)21-50-41(6)27-56-68(9,92-50)33-54-66(89-56)67(81)71(12)58(87-54)32-53-65(93-71)40(5)14-13-15-48-47(85-53)18-19-55-69(10,90-48)35-70(11)57(88-55)31-52-49(91-70)17-16-46(72)51(86-52)30-45(83-63(80)25-38(3)23-60(75)76)29-44-26-42(7)64(84-44)43(8)28-61(77)78/h13-14,20,37-40,42-58,64-67,72,81H,6,15-19,21-35H2,1-5,7-12H3,(H,73,74)(H,75,76)(H,77,78)/b14-13-,36-20+/t37-,38-,39+,40-,42+,43-,44-,45-,46+,47-,48+,49-,50+,51-,52+,53+,54+,55+,56+,57-,58-,64-,65-,66+,67-,68-,69-,70+,71-/m0/s1. The highest BCUT2D eigenvalue weighted by atomic mass is 16.7. The molecule has 0 amide bonds. The minimum Gasteiger partial charge on any atom is -0.481 e. The van der Waals surface area contributed by atoms with E-state index in [0.29, 0.717) is 83.5 Å². The van der Waals surface area contributed by atoms with Gasteiger partial charge in [0.15, 0.2) is 0 Å². The maximum absolute atomic E-state index is 13.5. The Morgan fingerprint density at radius 3 is 2.03 bits per heavy atom. The quantitative estimate of drug-likeness (QED) is 0.0529. The van der Waals surface area contributed by atoms with Crippen molar-refractivity contribution in [2.45, 2.75) is 337 Å². The molecule has 0 unspecified atom stereocenters. The largest absolute Gasteiger partial charge is 0.481 e. The van der Waals surface area contributed by atoms with Gasteiger partial charge in [0, 0.05) is 76.0 Å². The van der Waals surface area contributed by atoms with Gasteiger partial charge in [-0.15, -0.1) is 0 Å². The number of aliphatic carboxylic acids is 3. The van der Waals surface area contributed by atoms with E-state index in [2.05, 4.69) is 52.5 Å². The summed E-state index contributed by atoms with van der Waals surface area (Å²) < 4.78 is 82.2. The molecule has 9 fully saturated rings. The van der Waals surface area contributed by atoms with Crippen LogP contribution in [0.4, 0.5) is 0 Å². The molecular weight excluding hydrogens is 1200 g/mol. The van der Waals surface area contributed by atoms with Crippen LogP contribution in [0.25, 0.3) is 0 Å². The van der Waals surface area contributed by atoms with Crippen molar-refractivity contribution in [2.75, 3.05) is 6.61 Å². The van der Waals surface area contributed by atoms with Gasteiger partial charge in [-0.2, -0.15) is 0 Å². The Balaban J connectivity index is 0.777. The zero-order valence-corrected chi connectivity index (χ0v) is 56.7. The first-order valence-electron chi connectivity index (χ1n) is 34.8. The lowest BCUT2D eigenvalue weighted by Gasteiger charge is -2.61. The molecule has 29 atom stereocenters. The van der Waals surface area contributed by atoms with Crippen LogP contribution < -0.4 is 0 Å². The van der Waals surface area contributed by atoms with Gasteiger partial charge in [-0.25, -0.2) is 0 Å². The molecule has 5 N–H and O–H groups in total. The molecule has 0 aromatic rings. The Morgan fingerprint density at radius 1 is 0.656 bits per heavy atom. The van der Waals surface area contributed by atoms with Gasteiger partial charge in [0.2, 0.25) is 0 Å². The predicted molar refractivity (Wildman–Crippen MR) is 336 cm³/mol. The molecule has 93 heavy (non-hydrogen) atoms. The molecule has 22 nitrogen and oxygen atoms in total. The van der Waals surface area contributed by atoms with Crippen LogP contribution in [0.1, 0.15) is 198 Å². The average molecular weight is 1310 g/mol. The molecule has 0 aliphatic carbocycles. The highest BCUT2D eigenvalue weighted by molar-refractivity contribution is 5.73. The third-order valence-electron chi connectivity index (χ3n) is 22.4. The van der Waals surface area contributed by atoms with Crippen LogP contribution in [-0.4, -0.2) is 200 Å². The lowest BCUT2D eigenvalue weighted by atomic mass is 9.72. The fraction of sp³-hybridized carbons (Fsp3) is 0.845. The molecule has 10 rings (SSSR count). The zero-order chi connectivity index (χ0) is 67.2. The number of carbonyl (C=O) groups excluding carboxylic acids is 2. The number of carboxylic acid groups (broad SMARTS) is 3. The first-order chi connectivity index (χ1) is 43.8. The van der Waals surface area contributed by atoms with Crippen molar-refractivity contribution in [3.8, 4) is 0 Å². The number of aliphatic hydroxyl groups excluding tert-OH is 2. The summed E-state index contributed by atoms with van der Waals surface area (Å²) in [6.45, 7) is 26.3. The highest BCUT2D eigenvalue weighted by Gasteiger charge is 2.65. The third-order valence-corrected chi connectivity index (χ3v) is 22.4. The number of rotatable bonds is 21. The highest BCUT2D eigenvalue weighted by Crippen LogP contribution is 2.54. The zero-order valence-electron chi connectivity index (χ0n) is 56.7. The molecule has 0 bridgehead atoms. The van der Waals surface area contributed by atoms with Crippen molar-refractivity contribution in [1.82, 2.24) is 0 Å². The van der Waals surface area contributed by atoms with Gasteiger partial charge in [0.05, 0.1) is 127 Å². The predicted octanol–water partition coefficient (Wildman–Crippen LogP) is 8.94. The van der Waals surface area contributed by atoms with Crippen molar-refractivity contribution in [3.05, 3.63) is 36.0 Å². The van der Waals surface area contributed by atoms with Gasteiger partial charge < -0.3 is 82.4 Å². The van der Waals surface area contributed by atoms with Crippen LogP contribution in [0.15, 0.2) is 36.0 Å². The molecular formula is C71H108O22. The minimum atomic E-state index is -1.12. The summed E-state index contributed by atoms with van der Waals surface area (Å²) in [4.78, 5) is 60.2. The van der Waals surface area contributed by atoms with E-state index in [1.54, 1.807) is 13.8 Å². The number of fused-ring (bicyclic) bond motifs is 8. The van der Waals surface area contributed by atoms with E-state index in [-0.39, 0.29) is 130 Å². The van der Waals surface area contributed by atoms with Crippen LogP contribution in [0.3, 0.4) is 0 Å². The smallest absolute Gasteiger partial charge is 0.306 e. The van der Waals surface area contributed by atoms with E-state index in [1.807, 2.05) is 34.6 Å². The first kappa shape index (κ1) is 71.9. The Labute approximate surface area is 548 Å². The minimum absolute atomic E-state index is 0.0376. The van der Waals surface area contributed by atoms with Gasteiger partial charge in [-0.3, -0.25) is 24.0 Å². The number of esters is 2. The van der Waals surface area contributed by atoms with Gasteiger partial charge >= 0.3 is 29.8 Å². The van der Waals surface area contributed by atoms with E-state index in [4.69, 9.17) is 61.9 Å². The van der Waals surface area contributed by atoms with E-state index < -0.39 is 119 Å². The van der Waals surface area contributed by atoms with Crippen molar-refractivity contribution in [1.29, 1.82) is 0 Å². The lowest BCUT2D eigenvalue weighted by Crippen LogP contribution is -2.74. The van der Waals surface area contributed by atoms with Crippen LogP contribution in [-0.2, 0) is 80.8 Å².